The number of rotatable bonds is 6. The van der Waals surface area contributed by atoms with E-state index >= 15 is 0 Å². The van der Waals surface area contributed by atoms with Crippen molar-refractivity contribution in [3.05, 3.63) is 63.7 Å². The van der Waals surface area contributed by atoms with Gasteiger partial charge in [0.2, 0.25) is 5.91 Å². The van der Waals surface area contributed by atoms with Gasteiger partial charge in [0, 0.05) is 5.54 Å². The largest absolute Gasteiger partial charge is 0.444 e. The van der Waals surface area contributed by atoms with Crippen molar-refractivity contribution in [2.24, 2.45) is 0 Å². The van der Waals surface area contributed by atoms with Gasteiger partial charge in [-0.25, -0.2) is 4.79 Å². The molecule has 0 saturated carbocycles. The van der Waals surface area contributed by atoms with Gasteiger partial charge in [-0.3, -0.25) is 9.59 Å². The number of nitrogens with zero attached hydrogens (tertiary/aromatic N) is 1. The molecule has 2 aromatic carbocycles. The van der Waals surface area contributed by atoms with Crippen LogP contribution in [-0.2, 0) is 14.3 Å². The number of nitrogens with one attached hydrogen (secondary N) is 2. The van der Waals surface area contributed by atoms with Crippen molar-refractivity contribution >= 4 is 35.2 Å². The zero-order chi connectivity index (χ0) is 27.4. The molecule has 0 bridgehead atoms. The number of aryl methyl sites for hydroxylation is 3. The minimum atomic E-state index is -0.978. The topological polar surface area (TPSA) is 87.7 Å². The number of ether oxygens (including phenoxy) is 1. The lowest BCUT2D eigenvalue weighted by Gasteiger charge is -2.42. The van der Waals surface area contributed by atoms with Gasteiger partial charge < -0.3 is 20.3 Å². The SMILES string of the molecule is Cc1ccc(C(C(=O)Nc2c(C)cccc2Cl)N(C(=O)CNC(=O)OC(C)(C)C)C(C)(C)C)c(C)c1. The summed E-state index contributed by atoms with van der Waals surface area (Å²) in [7, 11) is 0. The first-order valence-corrected chi connectivity index (χ1v) is 12.3. The van der Waals surface area contributed by atoms with Crippen LogP contribution in [0.1, 0.15) is 69.8 Å². The van der Waals surface area contributed by atoms with E-state index in [1.807, 2.05) is 71.9 Å². The summed E-state index contributed by atoms with van der Waals surface area (Å²) in [4.78, 5) is 41.2. The molecule has 0 aliphatic rings. The van der Waals surface area contributed by atoms with Crippen LogP contribution >= 0.6 is 11.6 Å². The molecule has 0 spiro atoms. The smallest absolute Gasteiger partial charge is 0.408 e. The first-order chi connectivity index (χ1) is 16.5. The molecular weight excluding hydrogens is 478 g/mol. The van der Waals surface area contributed by atoms with E-state index in [-0.39, 0.29) is 6.54 Å². The highest BCUT2D eigenvalue weighted by Gasteiger charge is 2.39. The average molecular weight is 516 g/mol. The van der Waals surface area contributed by atoms with Crippen LogP contribution in [0.4, 0.5) is 10.5 Å². The van der Waals surface area contributed by atoms with E-state index in [2.05, 4.69) is 10.6 Å². The minimum Gasteiger partial charge on any atom is -0.444 e. The van der Waals surface area contributed by atoms with E-state index in [0.29, 0.717) is 16.3 Å². The lowest BCUT2D eigenvalue weighted by Crippen LogP contribution is -2.54. The van der Waals surface area contributed by atoms with Gasteiger partial charge in [0.05, 0.1) is 10.7 Å². The van der Waals surface area contributed by atoms with Gasteiger partial charge >= 0.3 is 6.09 Å². The second-order valence-corrected chi connectivity index (χ2v) is 11.4. The lowest BCUT2D eigenvalue weighted by atomic mass is 9.93. The maximum absolute atomic E-state index is 13.9. The molecule has 196 valence electrons. The third-order valence-corrected chi connectivity index (χ3v) is 5.79. The van der Waals surface area contributed by atoms with Gasteiger partial charge in [-0.2, -0.15) is 0 Å². The number of carbonyl (C=O) groups is 3. The highest BCUT2D eigenvalue weighted by Crippen LogP contribution is 2.34. The van der Waals surface area contributed by atoms with Crippen molar-refractivity contribution in [1.29, 1.82) is 0 Å². The Labute approximate surface area is 219 Å². The zero-order valence-corrected chi connectivity index (χ0v) is 23.5. The molecule has 0 aliphatic carbocycles. The monoisotopic (exact) mass is 515 g/mol. The van der Waals surface area contributed by atoms with Crippen LogP contribution in [-0.4, -0.2) is 40.5 Å². The number of alkyl carbamates (subject to hydrolysis) is 1. The van der Waals surface area contributed by atoms with Crippen LogP contribution in [0, 0.1) is 20.8 Å². The molecule has 1 unspecified atom stereocenters. The van der Waals surface area contributed by atoms with E-state index in [4.69, 9.17) is 16.3 Å². The molecule has 1 atom stereocenters. The predicted molar refractivity (Wildman–Crippen MR) is 144 cm³/mol. The Morgan fingerprint density at radius 3 is 2.14 bits per heavy atom. The average Bonchev–Trinajstić information content (AvgIpc) is 2.71. The Morgan fingerprint density at radius 2 is 1.61 bits per heavy atom. The molecule has 0 aliphatic heterocycles. The Bertz CT molecular complexity index is 1110. The fraction of sp³-hybridized carbons (Fsp3) is 0.464. The number of amides is 3. The second-order valence-electron chi connectivity index (χ2n) is 11.0. The van der Waals surface area contributed by atoms with E-state index < -0.39 is 35.1 Å². The van der Waals surface area contributed by atoms with Crippen molar-refractivity contribution in [3.63, 3.8) is 0 Å². The summed E-state index contributed by atoms with van der Waals surface area (Å²) in [6.07, 6.45) is -0.705. The maximum Gasteiger partial charge on any atom is 0.408 e. The summed E-state index contributed by atoms with van der Waals surface area (Å²) in [6.45, 7) is 16.2. The molecule has 0 saturated heterocycles. The number of para-hydroxylation sites is 1. The summed E-state index contributed by atoms with van der Waals surface area (Å²) in [5.74, 6) is -0.830. The van der Waals surface area contributed by atoms with Gasteiger partial charge in [0.1, 0.15) is 18.2 Å². The Balaban J connectivity index is 2.52. The van der Waals surface area contributed by atoms with Gasteiger partial charge in [-0.15, -0.1) is 0 Å². The van der Waals surface area contributed by atoms with Crippen LogP contribution in [0.15, 0.2) is 36.4 Å². The molecule has 0 heterocycles. The fourth-order valence-electron chi connectivity index (χ4n) is 3.96. The molecular formula is C28H38ClN3O4. The molecule has 7 nitrogen and oxygen atoms in total. The highest BCUT2D eigenvalue weighted by atomic mass is 35.5. The van der Waals surface area contributed by atoms with Gasteiger partial charge in [-0.05, 0) is 85.1 Å². The van der Waals surface area contributed by atoms with Crippen LogP contribution in [0.2, 0.25) is 5.02 Å². The summed E-state index contributed by atoms with van der Waals surface area (Å²) in [6, 6.07) is 10.1. The summed E-state index contributed by atoms with van der Waals surface area (Å²) >= 11 is 6.39. The van der Waals surface area contributed by atoms with E-state index in [1.165, 1.54) is 4.90 Å². The van der Waals surface area contributed by atoms with Crippen molar-refractivity contribution in [3.8, 4) is 0 Å². The number of benzene rings is 2. The standard InChI is InChI=1S/C28H38ClN3O4/c1-17-13-14-20(19(3)15-17)24(25(34)31-23-18(2)11-10-12-21(23)29)32(27(4,5)6)22(33)16-30-26(35)36-28(7,8)9/h10-15,24H,16H2,1-9H3,(H,30,35)(H,31,34). The lowest BCUT2D eigenvalue weighted by molar-refractivity contribution is -0.144. The maximum atomic E-state index is 13.9. The third-order valence-electron chi connectivity index (χ3n) is 5.47. The van der Waals surface area contributed by atoms with Gasteiger partial charge in [0.25, 0.3) is 5.91 Å². The number of carbonyl (C=O) groups excluding carboxylic acids is 3. The number of hydrogen-bond acceptors (Lipinski definition) is 4. The number of halogens is 1. The molecule has 0 radical (unpaired) electrons. The Kier molecular flexibility index (Phi) is 9.18. The molecule has 2 aromatic rings. The van der Waals surface area contributed by atoms with E-state index in [9.17, 15) is 14.4 Å². The molecule has 2 N–H and O–H groups in total. The normalized spacial score (nSPS) is 12.5. The first-order valence-electron chi connectivity index (χ1n) is 11.9. The molecule has 3 amide bonds. The quantitative estimate of drug-likeness (QED) is 0.486. The highest BCUT2D eigenvalue weighted by molar-refractivity contribution is 6.34. The third kappa shape index (κ3) is 7.72. The number of hydrogen-bond donors (Lipinski definition) is 2. The van der Waals surface area contributed by atoms with Gasteiger partial charge in [0.15, 0.2) is 0 Å². The fourth-order valence-corrected chi connectivity index (χ4v) is 4.23. The zero-order valence-electron chi connectivity index (χ0n) is 22.7. The van der Waals surface area contributed by atoms with Crippen LogP contribution in [0.3, 0.4) is 0 Å². The Hall–Kier alpha value is -3.06. The Morgan fingerprint density at radius 1 is 0.972 bits per heavy atom. The number of anilines is 1. The summed E-state index contributed by atoms with van der Waals surface area (Å²) in [5, 5.41) is 5.87. The summed E-state index contributed by atoms with van der Waals surface area (Å²) < 4.78 is 5.27. The minimum absolute atomic E-state index is 0.327. The van der Waals surface area contributed by atoms with Crippen molar-refractivity contribution in [2.75, 3.05) is 11.9 Å². The molecule has 2 rings (SSSR count). The van der Waals surface area contributed by atoms with Crippen molar-refractivity contribution in [2.45, 2.75) is 79.5 Å². The predicted octanol–water partition coefficient (Wildman–Crippen LogP) is 6.10. The van der Waals surface area contributed by atoms with Gasteiger partial charge in [-0.1, -0.05) is 47.5 Å². The first kappa shape index (κ1) is 29.2. The van der Waals surface area contributed by atoms with Crippen LogP contribution < -0.4 is 10.6 Å². The van der Waals surface area contributed by atoms with E-state index in [1.54, 1.807) is 26.8 Å². The summed E-state index contributed by atoms with van der Waals surface area (Å²) in [5.41, 5.74) is 2.42. The second kappa shape index (κ2) is 11.3. The molecule has 36 heavy (non-hydrogen) atoms. The van der Waals surface area contributed by atoms with Crippen LogP contribution in [0.25, 0.3) is 0 Å². The molecule has 0 fully saturated rings. The molecule has 8 heteroatoms. The molecule has 0 aromatic heterocycles. The van der Waals surface area contributed by atoms with E-state index in [0.717, 1.165) is 16.7 Å². The van der Waals surface area contributed by atoms with Crippen molar-refractivity contribution in [1.82, 2.24) is 10.2 Å². The van der Waals surface area contributed by atoms with Crippen molar-refractivity contribution < 1.29 is 19.1 Å². The van der Waals surface area contributed by atoms with Crippen LogP contribution in [0.5, 0.6) is 0 Å².